The summed E-state index contributed by atoms with van der Waals surface area (Å²) in [6.45, 7) is 1.34. The second-order valence-electron chi connectivity index (χ2n) is 7.64. The van der Waals surface area contributed by atoms with Gasteiger partial charge in [-0.25, -0.2) is 13.4 Å². The van der Waals surface area contributed by atoms with Crippen molar-refractivity contribution in [1.82, 2.24) is 4.98 Å². The van der Waals surface area contributed by atoms with Crippen LogP contribution in [-0.2, 0) is 16.3 Å². The second kappa shape index (κ2) is 9.80. The van der Waals surface area contributed by atoms with E-state index in [4.69, 9.17) is 14.5 Å². The number of rotatable bonds is 7. The lowest BCUT2D eigenvalue weighted by molar-refractivity contribution is 0.399. The Kier molecular flexibility index (Phi) is 7.07. The third-order valence-electron chi connectivity index (χ3n) is 5.69. The zero-order valence-corrected chi connectivity index (χ0v) is 21.2. The van der Waals surface area contributed by atoms with Gasteiger partial charge in [-0.15, -0.1) is 11.3 Å². The van der Waals surface area contributed by atoms with Crippen LogP contribution in [0.1, 0.15) is 24.1 Å². The molecule has 9 heteroatoms. The molecule has 1 aromatic heterocycles. The van der Waals surface area contributed by atoms with Gasteiger partial charge < -0.3 is 14.4 Å². The van der Waals surface area contributed by atoms with E-state index in [1.165, 1.54) is 0 Å². The van der Waals surface area contributed by atoms with E-state index in [2.05, 4.69) is 26.2 Å². The summed E-state index contributed by atoms with van der Waals surface area (Å²) in [6.07, 6.45) is 1.81. The first-order valence-electron chi connectivity index (χ1n) is 10.3. The molecule has 6 nitrogen and oxygen atoms in total. The number of nitrogens with zero attached hydrogens (tertiary/aromatic N) is 2. The third-order valence-corrected chi connectivity index (χ3v) is 9.92. The van der Waals surface area contributed by atoms with Crippen molar-refractivity contribution in [1.29, 1.82) is 0 Å². The molecule has 3 aromatic rings. The highest BCUT2D eigenvalue weighted by Crippen LogP contribution is 2.33. The molecule has 170 valence electrons. The standard InChI is InChI=1S/C23H25BrN2O4S2/c1-29-18-7-8-21(30-2)16(14-18)13-17-15-31-23(25-17)26-11-9-19(10-12-26)32(27,28)22-6-4-3-5-20(22)24/h3-8,14-15,19H,9-13H2,1-2H3. The Hall–Kier alpha value is -2.10. The average molecular weight is 538 g/mol. The first-order valence-corrected chi connectivity index (χ1v) is 13.5. The molecular weight excluding hydrogens is 512 g/mol. The molecule has 1 saturated heterocycles. The fourth-order valence-corrected chi connectivity index (χ4v) is 7.59. The zero-order chi connectivity index (χ0) is 22.7. The van der Waals surface area contributed by atoms with Crippen LogP contribution in [0.2, 0.25) is 0 Å². The topological polar surface area (TPSA) is 68.7 Å². The van der Waals surface area contributed by atoms with E-state index in [9.17, 15) is 8.42 Å². The van der Waals surface area contributed by atoms with Crippen molar-refractivity contribution in [3.8, 4) is 11.5 Å². The van der Waals surface area contributed by atoms with E-state index in [-0.39, 0.29) is 5.25 Å². The second-order valence-corrected chi connectivity index (χ2v) is 11.5. The van der Waals surface area contributed by atoms with Crippen molar-refractivity contribution < 1.29 is 17.9 Å². The Bertz CT molecular complexity index is 1190. The van der Waals surface area contributed by atoms with Gasteiger partial charge in [0.1, 0.15) is 11.5 Å². The van der Waals surface area contributed by atoms with Crippen LogP contribution in [0.25, 0.3) is 0 Å². The number of aromatic nitrogens is 1. The third kappa shape index (κ3) is 4.79. The Morgan fingerprint density at radius 3 is 2.56 bits per heavy atom. The van der Waals surface area contributed by atoms with Crippen molar-refractivity contribution in [2.45, 2.75) is 29.4 Å². The molecular formula is C23H25BrN2O4S2. The van der Waals surface area contributed by atoms with Gasteiger partial charge in [0.25, 0.3) is 0 Å². The van der Waals surface area contributed by atoms with Gasteiger partial charge in [-0.3, -0.25) is 0 Å². The van der Waals surface area contributed by atoms with Crippen LogP contribution in [0.3, 0.4) is 0 Å². The van der Waals surface area contributed by atoms with Crippen LogP contribution in [0, 0.1) is 0 Å². The van der Waals surface area contributed by atoms with Crippen molar-refractivity contribution in [2.75, 3.05) is 32.2 Å². The first-order chi connectivity index (χ1) is 15.4. The van der Waals surface area contributed by atoms with E-state index in [0.717, 1.165) is 27.9 Å². The van der Waals surface area contributed by atoms with E-state index in [1.54, 1.807) is 43.8 Å². The number of hydrogen-bond donors (Lipinski definition) is 0. The summed E-state index contributed by atoms with van der Waals surface area (Å²) in [4.78, 5) is 7.37. The minimum absolute atomic E-state index is 0.377. The Morgan fingerprint density at radius 2 is 1.88 bits per heavy atom. The normalized spacial score (nSPS) is 15.0. The number of sulfone groups is 1. The zero-order valence-electron chi connectivity index (χ0n) is 18.0. The molecule has 0 amide bonds. The number of benzene rings is 2. The molecule has 2 heterocycles. The summed E-state index contributed by atoms with van der Waals surface area (Å²) in [5, 5.41) is 2.61. The molecule has 0 atom stereocenters. The number of piperidine rings is 1. The highest BCUT2D eigenvalue weighted by molar-refractivity contribution is 9.10. The molecule has 0 spiro atoms. The first kappa shape index (κ1) is 23.1. The maximum absolute atomic E-state index is 13.1. The monoisotopic (exact) mass is 536 g/mol. The number of anilines is 1. The van der Waals surface area contributed by atoms with Gasteiger partial charge in [-0.1, -0.05) is 12.1 Å². The molecule has 2 aromatic carbocycles. The van der Waals surface area contributed by atoms with Gasteiger partial charge in [0.15, 0.2) is 15.0 Å². The SMILES string of the molecule is COc1ccc(OC)c(Cc2csc(N3CCC(S(=O)(=O)c4ccccc4Br)CC3)n2)c1. The van der Waals surface area contributed by atoms with Crippen LogP contribution >= 0.6 is 27.3 Å². The van der Waals surface area contributed by atoms with Gasteiger partial charge in [0.05, 0.1) is 30.1 Å². The molecule has 32 heavy (non-hydrogen) atoms. The Balaban J connectivity index is 1.43. The predicted octanol–water partition coefficient (Wildman–Crippen LogP) is 4.96. The quantitative estimate of drug-likeness (QED) is 0.425. The van der Waals surface area contributed by atoms with Crippen molar-refractivity contribution in [3.63, 3.8) is 0 Å². The lowest BCUT2D eigenvalue weighted by Gasteiger charge is -2.31. The van der Waals surface area contributed by atoms with Crippen molar-refractivity contribution in [2.24, 2.45) is 0 Å². The van der Waals surface area contributed by atoms with Gasteiger partial charge in [-0.2, -0.15) is 0 Å². The molecule has 0 saturated carbocycles. The number of halogens is 1. The number of methoxy groups -OCH3 is 2. The van der Waals surface area contributed by atoms with Gasteiger partial charge in [-0.05, 0) is 59.1 Å². The smallest absolute Gasteiger partial charge is 0.185 e. The van der Waals surface area contributed by atoms with E-state index >= 15 is 0 Å². The van der Waals surface area contributed by atoms with E-state index in [0.29, 0.717) is 41.7 Å². The molecule has 1 aliphatic rings. The van der Waals surface area contributed by atoms with Crippen molar-refractivity contribution in [3.05, 3.63) is 63.6 Å². The largest absolute Gasteiger partial charge is 0.497 e. The molecule has 0 aliphatic carbocycles. The van der Waals surface area contributed by atoms with Crippen LogP contribution < -0.4 is 14.4 Å². The fraction of sp³-hybridized carbons (Fsp3) is 0.348. The number of ether oxygens (including phenoxy) is 2. The lowest BCUT2D eigenvalue weighted by atomic mass is 10.1. The van der Waals surface area contributed by atoms with Crippen LogP contribution in [0.4, 0.5) is 5.13 Å². The van der Waals surface area contributed by atoms with Crippen LogP contribution in [0.15, 0.2) is 57.2 Å². The van der Waals surface area contributed by atoms with Gasteiger partial charge >= 0.3 is 0 Å². The van der Waals surface area contributed by atoms with Gasteiger partial charge in [0, 0.05) is 34.9 Å². The number of thiazole rings is 1. The summed E-state index contributed by atoms with van der Waals surface area (Å²) in [5.74, 6) is 1.59. The summed E-state index contributed by atoms with van der Waals surface area (Å²) < 4.78 is 37.6. The molecule has 0 radical (unpaired) electrons. The number of hydrogen-bond acceptors (Lipinski definition) is 7. The summed E-state index contributed by atoms with van der Waals surface area (Å²) in [6, 6.07) is 12.8. The molecule has 1 fully saturated rings. The molecule has 1 aliphatic heterocycles. The molecule has 0 unspecified atom stereocenters. The van der Waals surface area contributed by atoms with Crippen LogP contribution in [0.5, 0.6) is 11.5 Å². The Morgan fingerprint density at radius 1 is 1.12 bits per heavy atom. The Labute approximate surface area is 201 Å². The van der Waals surface area contributed by atoms with E-state index in [1.807, 2.05) is 24.3 Å². The molecule has 0 bridgehead atoms. The summed E-state index contributed by atoms with van der Waals surface area (Å²) >= 11 is 4.97. The van der Waals surface area contributed by atoms with Gasteiger partial charge in [0.2, 0.25) is 0 Å². The molecule has 4 rings (SSSR count). The minimum Gasteiger partial charge on any atom is -0.497 e. The van der Waals surface area contributed by atoms with Crippen molar-refractivity contribution >= 4 is 42.2 Å². The van der Waals surface area contributed by atoms with Crippen LogP contribution in [-0.4, -0.2) is 46.0 Å². The lowest BCUT2D eigenvalue weighted by Crippen LogP contribution is -2.39. The highest BCUT2D eigenvalue weighted by Gasteiger charge is 2.33. The molecule has 0 N–H and O–H groups in total. The summed E-state index contributed by atoms with van der Waals surface area (Å²) in [5.41, 5.74) is 1.97. The summed E-state index contributed by atoms with van der Waals surface area (Å²) in [7, 11) is -0.0620. The minimum atomic E-state index is -3.36. The maximum atomic E-state index is 13.1. The average Bonchev–Trinajstić information content (AvgIpc) is 3.27. The predicted molar refractivity (Wildman–Crippen MR) is 131 cm³/mol. The maximum Gasteiger partial charge on any atom is 0.185 e. The highest BCUT2D eigenvalue weighted by atomic mass is 79.9. The van der Waals surface area contributed by atoms with E-state index < -0.39 is 9.84 Å². The fourth-order valence-electron chi connectivity index (χ4n) is 3.95.